The molecule has 3 nitrogen and oxygen atoms in total. The van der Waals surface area contributed by atoms with Gasteiger partial charge in [-0.15, -0.1) is 6.42 Å². The van der Waals surface area contributed by atoms with E-state index in [-0.39, 0.29) is 5.41 Å². The molecule has 0 bridgehead atoms. The monoisotopic (exact) mass is 400 g/mol. The average Bonchev–Trinajstić information content (AvgIpc) is 2.97. The third kappa shape index (κ3) is 3.48. The van der Waals surface area contributed by atoms with Crippen LogP contribution in [0.25, 0.3) is 0 Å². The molecular formula is C26H44N2O. The molecule has 3 heteroatoms. The molecule has 0 aromatic carbocycles. The third-order valence-corrected chi connectivity index (χ3v) is 10.2. The molecule has 0 spiro atoms. The lowest BCUT2D eigenvalue weighted by atomic mass is 9.44. The summed E-state index contributed by atoms with van der Waals surface area (Å²) in [5, 5.41) is 18.5. The molecule has 4 saturated carbocycles. The second kappa shape index (κ2) is 7.85. The van der Waals surface area contributed by atoms with Gasteiger partial charge < -0.3 is 15.7 Å². The third-order valence-electron chi connectivity index (χ3n) is 10.2. The second-order valence-electron chi connectivity index (χ2n) is 11.7. The van der Waals surface area contributed by atoms with Crippen molar-refractivity contribution < 1.29 is 5.11 Å². The summed E-state index contributed by atoms with van der Waals surface area (Å²) in [4.78, 5) is 0. The van der Waals surface area contributed by atoms with E-state index in [1.165, 1.54) is 38.5 Å². The van der Waals surface area contributed by atoms with Crippen LogP contribution in [0.4, 0.5) is 0 Å². The van der Waals surface area contributed by atoms with Crippen LogP contribution in [0.3, 0.4) is 0 Å². The second-order valence-corrected chi connectivity index (χ2v) is 11.7. The van der Waals surface area contributed by atoms with E-state index >= 15 is 0 Å². The average molecular weight is 401 g/mol. The zero-order chi connectivity index (χ0) is 20.9. The Labute approximate surface area is 179 Å². The lowest BCUT2D eigenvalue weighted by molar-refractivity contribution is -0.137. The zero-order valence-corrected chi connectivity index (χ0v) is 19.3. The van der Waals surface area contributed by atoms with Crippen molar-refractivity contribution in [2.75, 3.05) is 13.1 Å². The Bertz CT molecular complexity index is 641. The van der Waals surface area contributed by atoms with E-state index < -0.39 is 5.60 Å². The lowest BCUT2D eigenvalue weighted by Gasteiger charge is -2.61. The van der Waals surface area contributed by atoms with Crippen molar-refractivity contribution in [3.8, 4) is 12.3 Å². The predicted molar refractivity (Wildman–Crippen MR) is 120 cm³/mol. The maximum atomic E-state index is 11.2. The summed E-state index contributed by atoms with van der Waals surface area (Å²) in [5.74, 6) is 5.92. The molecule has 4 aliphatic rings. The van der Waals surface area contributed by atoms with E-state index in [1.807, 2.05) is 0 Å². The molecule has 4 unspecified atom stereocenters. The maximum Gasteiger partial charge on any atom is 0.130 e. The van der Waals surface area contributed by atoms with Crippen LogP contribution in [-0.2, 0) is 0 Å². The summed E-state index contributed by atoms with van der Waals surface area (Å²) >= 11 is 0. The molecule has 29 heavy (non-hydrogen) atoms. The number of aliphatic hydroxyl groups is 1. The summed E-state index contributed by atoms with van der Waals surface area (Å²) in [6, 6.07) is 1.27. The van der Waals surface area contributed by atoms with Crippen LogP contribution >= 0.6 is 0 Å². The van der Waals surface area contributed by atoms with Gasteiger partial charge in [0.2, 0.25) is 0 Å². The number of fused-ring (bicyclic) bond motifs is 5. The van der Waals surface area contributed by atoms with E-state index in [0.717, 1.165) is 50.1 Å². The van der Waals surface area contributed by atoms with Crippen molar-refractivity contribution in [3.05, 3.63) is 0 Å². The van der Waals surface area contributed by atoms with Crippen molar-refractivity contribution in [1.82, 2.24) is 10.6 Å². The molecule has 0 aliphatic heterocycles. The van der Waals surface area contributed by atoms with Crippen molar-refractivity contribution >= 4 is 0 Å². The highest BCUT2D eigenvalue weighted by Crippen LogP contribution is 2.68. The van der Waals surface area contributed by atoms with Gasteiger partial charge in [0.15, 0.2) is 0 Å². The van der Waals surface area contributed by atoms with Gasteiger partial charge in [-0.1, -0.05) is 33.6 Å². The summed E-state index contributed by atoms with van der Waals surface area (Å²) in [6.07, 6.45) is 16.9. The summed E-state index contributed by atoms with van der Waals surface area (Å²) < 4.78 is 0. The minimum absolute atomic E-state index is 0.0612. The highest BCUT2D eigenvalue weighted by Gasteiger charge is 2.64. The van der Waals surface area contributed by atoms with Gasteiger partial charge >= 0.3 is 0 Å². The molecule has 0 heterocycles. The molecule has 4 fully saturated rings. The maximum absolute atomic E-state index is 11.2. The topological polar surface area (TPSA) is 44.3 Å². The van der Waals surface area contributed by atoms with Crippen LogP contribution in [0.5, 0.6) is 0 Å². The molecule has 0 aromatic heterocycles. The van der Waals surface area contributed by atoms with Crippen LogP contribution in [0, 0.1) is 46.8 Å². The standard InChI is InChI=1S/C26H44N2O/c1-6-26(29)14-11-23-21-8-7-19-17-20(28-16-15-27-18(2)3)9-12-24(19,4)22(21)10-13-25(23,26)5/h1,18-23,27-29H,7-17H2,2-5H3/t19?,20-,21?,22?,23?,24-,25-,26-/m0/s1. The molecule has 0 amide bonds. The number of hydrogen-bond acceptors (Lipinski definition) is 3. The first-order valence-corrected chi connectivity index (χ1v) is 12.4. The molecule has 0 aromatic rings. The molecule has 8 atom stereocenters. The van der Waals surface area contributed by atoms with Gasteiger partial charge in [0.25, 0.3) is 0 Å². The number of terminal acetylenes is 1. The SMILES string of the molecule is C#C[C@]1(O)CCC2C3CCC4C[C@@H](NCCNC(C)C)CC[C@]4(C)C3CC[C@@]21C. The minimum Gasteiger partial charge on any atom is -0.377 e. The minimum atomic E-state index is -0.869. The Morgan fingerprint density at radius 2 is 1.76 bits per heavy atom. The van der Waals surface area contributed by atoms with Gasteiger partial charge in [-0.25, -0.2) is 0 Å². The zero-order valence-electron chi connectivity index (χ0n) is 19.3. The molecule has 0 radical (unpaired) electrons. The summed E-state index contributed by atoms with van der Waals surface area (Å²) in [6.45, 7) is 11.5. The molecular weight excluding hydrogens is 356 g/mol. The van der Waals surface area contributed by atoms with Crippen molar-refractivity contribution in [1.29, 1.82) is 0 Å². The van der Waals surface area contributed by atoms with E-state index in [9.17, 15) is 5.11 Å². The lowest BCUT2D eigenvalue weighted by Crippen LogP contribution is -2.57. The fourth-order valence-corrected chi connectivity index (χ4v) is 8.33. The largest absolute Gasteiger partial charge is 0.377 e. The van der Waals surface area contributed by atoms with Crippen LogP contribution in [-0.4, -0.2) is 35.9 Å². The number of rotatable bonds is 5. The number of nitrogens with one attached hydrogen (secondary N) is 2. The van der Waals surface area contributed by atoms with Crippen LogP contribution in [0.1, 0.15) is 85.5 Å². The molecule has 4 rings (SSSR count). The Morgan fingerprint density at radius 1 is 1.00 bits per heavy atom. The predicted octanol–water partition coefficient (Wildman–Crippen LogP) is 4.35. The highest BCUT2D eigenvalue weighted by atomic mass is 16.3. The van der Waals surface area contributed by atoms with Crippen molar-refractivity contribution in [2.24, 2.45) is 34.5 Å². The van der Waals surface area contributed by atoms with Crippen LogP contribution in [0.15, 0.2) is 0 Å². The van der Waals surface area contributed by atoms with Crippen molar-refractivity contribution in [2.45, 2.75) is 103 Å². The fraction of sp³-hybridized carbons (Fsp3) is 0.923. The van der Waals surface area contributed by atoms with Gasteiger partial charge in [0.05, 0.1) is 0 Å². The summed E-state index contributed by atoms with van der Waals surface area (Å²) in [5.41, 5.74) is -0.435. The first kappa shape index (κ1) is 21.7. The van der Waals surface area contributed by atoms with Gasteiger partial charge in [-0.3, -0.25) is 0 Å². The van der Waals surface area contributed by atoms with Crippen LogP contribution < -0.4 is 10.6 Å². The normalized spacial score (nSPS) is 49.2. The number of hydrogen-bond donors (Lipinski definition) is 3. The van der Waals surface area contributed by atoms with Crippen LogP contribution in [0.2, 0.25) is 0 Å². The Balaban J connectivity index is 1.41. The van der Waals surface area contributed by atoms with E-state index in [0.29, 0.717) is 23.4 Å². The Morgan fingerprint density at radius 3 is 2.48 bits per heavy atom. The van der Waals surface area contributed by atoms with E-state index in [1.54, 1.807) is 0 Å². The Hall–Kier alpha value is -0.560. The van der Waals surface area contributed by atoms with Gasteiger partial charge in [-0.05, 0) is 86.9 Å². The quantitative estimate of drug-likeness (QED) is 0.475. The molecule has 164 valence electrons. The van der Waals surface area contributed by atoms with Gasteiger partial charge in [0, 0.05) is 30.6 Å². The molecule has 4 aliphatic carbocycles. The first-order valence-electron chi connectivity index (χ1n) is 12.4. The Kier molecular flexibility index (Phi) is 5.86. The van der Waals surface area contributed by atoms with Gasteiger partial charge in [0.1, 0.15) is 5.60 Å². The van der Waals surface area contributed by atoms with E-state index in [2.05, 4.69) is 44.2 Å². The summed E-state index contributed by atoms with van der Waals surface area (Å²) in [7, 11) is 0. The van der Waals surface area contributed by atoms with Gasteiger partial charge in [-0.2, -0.15) is 0 Å². The van der Waals surface area contributed by atoms with Crippen molar-refractivity contribution in [3.63, 3.8) is 0 Å². The van der Waals surface area contributed by atoms with E-state index in [4.69, 9.17) is 6.42 Å². The fourth-order valence-electron chi connectivity index (χ4n) is 8.33. The first-order chi connectivity index (χ1) is 13.7. The smallest absolute Gasteiger partial charge is 0.130 e. The highest BCUT2D eigenvalue weighted by molar-refractivity contribution is 5.23. The molecule has 3 N–H and O–H groups in total. The molecule has 0 saturated heterocycles.